The van der Waals surface area contributed by atoms with Crippen LogP contribution in [0.3, 0.4) is 0 Å². The maximum absolute atomic E-state index is 10.6. The molecule has 0 aliphatic carbocycles. The molecule has 1 aromatic heterocycles. The topological polar surface area (TPSA) is 95.3 Å². The van der Waals surface area contributed by atoms with E-state index in [1.165, 1.54) is 25.6 Å². The molecule has 1 rings (SSSR count). The quantitative estimate of drug-likeness (QED) is 0.621. The molecule has 2 atom stereocenters. The lowest BCUT2D eigenvalue weighted by Crippen LogP contribution is -2.27. The summed E-state index contributed by atoms with van der Waals surface area (Å²) in [5.74, 6) is -0.162. The van der Waals surface area contributed by atoms with Crippen LogP contribution in [0.2, 0.25) is 0 Å². The minimum Gasteiger partial charge on any atom is -0.390 e. The van der Waals surface area contributed by atoms with Crippen molar-refractivity contribution in [1.82, 2.24) is 15.3 Å². The average Bonchev–Trinajstić information content (AvgIpc) is 2.28. The van der Waals surface area contributed by atoms with E-state index >= 15 is 0 Å². The summed E-state index contributed by atoms with van der Waals surface area (Å²) in [6.45, 7) is 1.72. The zero-order valence-electron chi connectivity index (χ0n) is 9.00. The number of rotatable bonds is 5. The molecule has 0 saturated heterocycles. The van der Waals surface area contributed by atoms with Crippen LogP contribution in [0.1, 0.15) is 25.0 Å². The van der Waals surface area contributed by atoms with Gasteiger partial charge in [-0.25, -0.2) is 9.97 Å². The summed E-state index contributed by atoms with van der Waals surface area (Å²) in [5.41, 5.74) is 0.456. The molecule has 1 aromatic rings. The van der Waals surface area contributed by atoms with Crippen LogP contribution in [0, 0.1) is 0 Å². The normalized spacial score (nSPS) is 14.2. The van der Waals surface area contributed by atoms with E-state index in [4.69, 9.17) is 0 Å². The minimum atomic E-state index is -1.03. The maximum Gasteiger partial charge on any atom is 0.216 e. The van der Waals surface area contributed by atoms with Gasteiger partial charge in [0.25, 0.3) is 0 Å². The van der Waals surface area contributed by atoms with Gasteiger partial charge in [-0.15, -0.1) is 0 Å². The van der Waals surface area contributed by atoms with Gasteiger partial charge in [-0.3, -0.25) is 4.79 Å². The largest absolute Gasteiger partial charge is 0.390 e. The lowest BCUT2D eigenvalue weighted by molar-refractivity contribution is -0.119. The highest BCUT2D eigenvalue weighted by Gasteiger charge is 2.18. The average molecular weight is 225 g/mol. The minimum absolute atomic E-state index is 0.162. The van der Waals surface area contributed by atoms with Crippen LogP contribution in [0.15, 0.2) is 18.7 Å². The second-order valence-corrected chi connectivity index (χ2v) is 3.46. The molecule has 3 N–H and O–H groups in total. The van der Waals surface area contributed by atoms with Gasteiger partial charge in [-0.1, -0.05) is 0 Å². The van der Waals surface area contributed by atoms with Crippen LogP contribution in [-0.4, -0.2) is 38.7 Å². The standard InChI is InChI=1S/C10H15N3O3/c1-7(14)13-3-2-9(15)10(16)8-4-11-6-12-5-8/h4-6,9-10,15-16H,2-3H2,1H3,(H,13,14). The third-order valence-electron chi connectivity index (χ3n) is 2.10. The molecule has 6 heteroatoms. The monoisotopic (exact) mass is 225 g/mol. The number of carbonyl (C=O) groups is 1. The second kappa shape index (κ2) is 6.14. The molecule has 1 amide bonds. The Hall–Kier alpha value is -1.53. The number of aliphatic hydroxyl groups is 2. The first-order chi connectivity index (χ1) is 7.61. The van der Waals surface area contributed by atoms with E-state index in [9.17, 15) is 15.0 Å². The van der Waals surface area contributed by atoms with Crippen molar-refractivity contribution >= 4 is 5.91 Å². The van der Waals surface area contributed by atoms with E-state index in [-0.39, 0.29) is 12.3 Å². The fourth-order valence-electron chi connectivity index (χ4n) is 1.24. The number of nitrogens with one attached hydrogen (secondary N) is 1. The second-order valence-electron chi connectivity index (χ2n) is 3.46. The first-order valence-electron chi connectivity index (χ1n) is 4.96. The fraction of sp³-hybridized carbons (Fsp3) is 0.500. The number of hydrogen-bond acceptors (Lipinski definition) is 5. The summed E-state index contributed by atoms with van der Waals surface area (Å²) in [4.78, 5) is 18.1. The highest BCUT2D eigenvalue weighted by atomic mass is 16.3. The first kappa shape index (κ1) is 12.5. The molecule has 0 aromatic carbocycles. The molecular weight excluding hydrogens is 210 g/mol. The lowest BCUT2D eigenvalue weighted by Gasteiger charge is -2.17. The number of aliphatic hydroxyl groups excluding tert-OH is 2. The lowest BCUT2D eigenvalue weighted by atomic mass is 10.1. The van der Waals surface area contributed by atoms with Crippen molar-refractivity contribution < 1.29 is 15.0 Å². The van der Waals surface area contributed by atoms with Gasteiger partial charge < -0.3 is 15.5 Å². The SMILES string of the molecule is CC(=O)NCCC(O)C(O)c1cncnc1. The molecule has 0 saturated carbocycles. The van der Waals surface area contributed by atoms with E-state index < -0.39 is 12.2 Å². The third kappa shape index (κ3) is 3.92. The Morgan fingerprint density at radius 1 is 1.44 bits per heavy atom. The van der Waals surface area contributed by atoms with Crippen LogP contribution < -0.4 is 5.32 Å². The fourth-order valence-corrected chi connectivity index (χ4v) is 1.24. The van der Waals surface area contributed by atoms with Crippen molar-refractivity contribution in [2.75, 3.05) is 6.54 Å². The van der Waals surface area contributed by atoms with Crippen molar-refractivity contribution in [3.8, 4) is 0 Å². The molecule has 2 unspecified atom stereocenters. The van der Waals surface area contributed by atoms with E-state index in [1.54, 1.807) is 0 Å². The molecule has 16 heavy (non-hydrogen) atoms. The van der Waals surface area contributed by atoms with E-state index in [0.717, 1.165) is 0 Å². The Bertz CT molecular complexity index is 331. The van der Waals surface area contributed by atoms with Crippen molar-refractivity contribution in [2.45, 2.75) is 25.6 Å². The van der Waals surface area contributed by atoms with E-state index in [1.807, 2.05) is 0 Å². The number of hydrogen-bond donors (Lipinski definition) is 3. The number of nitrogens with zero attached hydrogens (tertiary/aromatic N) is 2. The zero-order valence-corrected chi connectivity index (χ0v) is 9.00. The maximum atomic E-state index is 10.6. The van der Waals surface area contributed by atoms with E-state index in [2.05, 4.69) is 15.3 Å². The van der Waals surface area contributed by atoms with Crippen molar-refractivity contribution in [2.24, 2.45) is 0 Å². The smallest absolute Gasteiger partial charge is 0.216 e. The highest BCUT2D eigenvalue weighted by molar-refractivity contribution is 5.72. The Kier molecular flexibility index (Phi) is 4.81. The zero-order chi connectivity index (χ0) is 12.0. The summed E-state index contributed by atoms with van der Waals surface area (Å²) < 4.78 is 0. The summed E-state index contributed by atoms with van der Waals surface area (Å²) in [6, 6.07) is 0. The summed E-state index contributed by atoms with van der Waals surface area (Å²) in [7, 11) is 0. The Balaban J connectivity index is 2.42. The molecule has 0 spiro atoms. The van der Waals surface area contributed by atoms with Crippen molar-refractivity contribution in [3.63, 3.8) is 0 Å². The van der Waals surface area contributed by atoms with Gasteiger partial charge in [-0.05, 0) is 6.42 Å². The van der Waals surface area contributed by atoms with E-state index in [0.29, 0.717) is 12.1 Å². The van der Waals surface area contributed by atoms with Crippen LogP contribution in [0.4, 0.5) is 0 Å². The highest BCUT2D eigenvalue weighted by Crippen LogP contribution is 2.16. The number of carbonyl (C=O) groups excluding carboxylic acids is 1. The molecule has 88 valence electrons. The predicted octanol–water partition coefficient (Wildman–Crippen LogP) is -0.603. The summed E-state index contributed by atoms with van der Waals surface area (Å²) >= 11 is 0. The molecule has 0 aliphatic heterocycles. The van der Waals surface area contributed by atoms with Gasteiger partial charge in [0.15, 0.2) is 0 Å². The summed E-state index contributed by atoms with van der Waals surface area (Å²) in [6.07, 6.45) is 2.53. The van der Waals surface area contributed by atoms with Crippen LogP contribution >= 0.6 is 0 Å². The molecule has 1 heterocycles. The first-order valence-corrected chi connectivity index (χ1v) is 4.96. The Morgan fingerprint density at radius 3 is 2.62 bits per heavy atom. The van der Waals surface area contributed by atoms with Gasteiger partial charge in [0.05, 0.1) is 6.10 Å². The molecular formula is C10H15N3O3. The van der Waals surface area contributed by atoms with Gasteiger partial charge in [0, 0.05) is 31.4 Å². The van der Waals surface area contributed by atoms with Gasteiger partial charge in [0.2, 0.25) is 5.91 Å². The molecule has 0 fully saturated rings. The molecule has 0 bridgehead atoms. The number of aromatic nitrogens is 2. The third-order valence-corrected chi connectivity index (χ3v) is 2.10. The van der Waals surface area contributed by atoms with Crippen LogP contribution in [0.25, 0.3) is 0 Å². The van der Waals surface area contributed by atoms with Gasteiger partial charge in [0.1, 0.15) is 12.4 Å². The summed E-state index contributed by atoms with van der Waals surface area (Å²) in [5, 5.41) is 21.9. The van der Waals surface area contributed by atoms with Gasteiger partial charge >= 0.3 is 0 Å². The molecule has 0 radical (unpaired) electrons. The van der Waals surface area contributed by atoms with Crippen LogP contribution in [-0.2, 0) is 4.79 Å². The molecule has 0 aliphatic rings. The van der Waals surface area contributed by atoms with Gasteiger partial charge in [-0.2, -0.15) is 0 Å². The Labute approximate surface area is 93.4 Å². The predicted molar refractivity (Wildman–Crippen MR) is 56.3 cm³/mol. The van der Waals surface area contributed by atoms with Crippen molar-refractivity contribution in [3.05, 3.63) is 24.3 Å². The van der Waals surface area contributed by atoms with Crippen molar-refractivity contribution in [1.29, 1.82) is 0 Å². The van der Waals surface area contributed by atoms with Crippen LogP contribution in [0.5, 0.6) is 0 Å². The molecule has 6 nitrogen and oxygen atoms in total. The number of amides is 1. The Morgan fingerprint density at radius 2 is 2.06 bits per heavy atom.